The van der Waals surface area contributed by atoms with E-state index in [2.05, 4.69) is 5.32 Å². The maximum absolute atomic E-state index is 13.3. The number of carbonyl (C=O) groups excluding carboxylic acids is 2. The number of nitrogens with zero attached hydrogens (tertiary/aromatic N) is 1. The molecule has 4 rings (SSSR count). The number of primary amides is 1. The Morgan fingerprint density at radius 1 is 1.10 bits per heavy atom. The van der Waals surface area contributed by atoms with E-state index in [1.54, 1.807) is 30.3 Å². The van der Waals surface area contributed by atoms with Crippen LogP contribution in [-0.4, -0.2) is 16.4 Å². The monoisotopic (exact) mass is 429 g/mol. The van der Waals surface area contributed by atoms with Crippen LogP contribution >= 0.6 is 23.2 Å². The molecule has 29 heavy (non-hydrogen) atoms. The first-order valence-corrected chi connectivity index (χ1v) is 10.2. The van der Waals surface area contributed by atoms with Gasteiger partial charge in [-0.2, -0.15) is 0 Å². The van der Waals surface area contributed by atoms with Crippen molar-refractivity contribution in [1.29, 1.82) is 0 Å². The summed E-state index contributed by atoms with van der Waals surface area (Å²) in [7, 11) is 1.83. The molecule has 1 fully saturated rings. The zero-order valence-corrected chi connectivity index (χ0v) is 17.5. The second-order valence-corrected chi connectivity index (χ2v) is 8.36. The molecule has 0 bridgehead atoms. The number of hydrogen-bond acceptors (Lipinski definition) is 2. The van der Waals surface area contributed by atoms with E-state index in [4.69, 9.17) is 28.9 Å². The summed E-state index contributed by atoms with van der Waals surface area (Å²) in [5, 5.41) is 4.86. The molecule has 2 amide bonds. The number of aryl methyl sites for hydroxylation is 1. The van der Waals surface area contributed by atoms with Crippen molar-refractivity contribution in [3.63, 3.8) is 0 Å². The van der Waals surface area contributed by atoms with Crippen molar-refractivity contribution in [1.82, 2.24) is 9.88 Å². The van der Waals surface area contributed by atoms with Crippen LogP contribution in [0.4, 0.5) is 0 Å². The molecule has 0 aliphatic heterocycles. The molecule has 3 aromatic rings. The molecule has 0 saturated heterocycles. The summed E-state index contributed by atoms with van der Waals surface area (Å²) < 4.78 is 1.81. The number of halogens is 2. The number of nitrogens with one attached hydrogen (secondary N) is 1. The normalized spacial score (nSPS) is 15.6. The molecule has 1 aromatic heterocycles. The lowest BCUT2D eigenvalue weighted by Gasteiger charge is -2.31. The Bertz CT molecular complexity index is 1130. The van der Waals surface area contributed by atoms with Gasteiger partial charge in [-0.15, -0.1) is 0 Å². The van der Waals surface area contributed by atoms with Crippen LogP contribution in [0.3, 0.4) is 0 Å². The summed E-state index contributed by atoms with van der Waals surface area (Å²) in [5.41, 5.74) is 7.60. The maximum atomic E-state index is 13.3. The molecule has 0 spiro atoms. The summed E-state index contributed by atoms with van der Waals surface area (Å²) in [4.78, 5) is 24.9. The second kappa shape index (κ2) is 7.39. The molecule has 150 valence electrons. The first-order chi connectivity index (χ1) is 13.8. The van der Waals surface area contributed by atoms with Crippen molar-refractivity contribution in [3.8, 4) is 0 Å². The Kier molecular flexibility index (Phi) is 5.05. The molecule has 2 aromatic carbocycles. The van der Waals surface area contributed by atoms with Crippen LogP contribution in [0.25, 0.3) is 10.9 Å². The lowest BCUT2D eigenvalue weighted by Crippen LogP contribution is -2.44. The fourth-order valence-corrected chi connectivity index (χ4v) is 4.66. The van der Waals surface area contributed by atoms with Crippen LogP contribution < -0.4 is 11.1 Å². The van der Waals surface area contributed by atoms with Crippen LogP contribution in [0.1, 0.15) is 52.1 Å². The molecule has 3 N–H and O–H groups in total. The van der Waals surface area contributed by atoms with E-state index in [-0.39, 0.29) is 5.91 Å². The highest BCUT2D eigenvalue weighted by atomic mass is 35.5. The molecular formula is C22H21Cl2N3O2. The van der Waals surface area contributed by atoms with E-state index >= 15 is 0 Å². The van der Waals surface area contributed by atoms with E-state index in [1.165, 1.54) is 0 Å². The highest BCUT2D eigenvalue weighted by Crippen LogP contribution is 2.40. The first kappa shape index (κ1) is 19.8. The van der Waals surface area contributed by atoms with Crippen LogP contribution in [0.2, 0.25) is 10.0 Å². The van der Waals surface area contributed by atoms with E-state index in [0.29, 0.717) is 21.3 Å². The molecule has 5 nitrogen and oxygen atoms in total. The average molecular weight is 430 g/mol. The van der Waals surface area contributed by atoms with Crippen molar-refractivity contribution < 1.29 is 9.59 Å². The molecular weight excluding hydrogens is 409 g/mol. The summed E-state index contributed by atoms with van der Waals surface area (Å²) in [6, 6.07) is 12.6. The van der Waals surface area contributed by atoms with Crippen LogP contribution in [-0.2, 0) is 12.6 Å². The molecule has 1 saturated carbocycles. The van der Waals surface area contributed by atoms with Gasteiger partial charge in [0.15, 0.2) is 0 Å². The predicted molar refractivity (Wildman–Crippen MR) is 116 cm³/mol. The third-order valence-electron chi connectivity index (χ3n) is 5.86. The zero-order chi connectivity index (χ0) is 20.8. The maximum Gasteiger partial charge on any atom is 0.268 e. The summed E-state index contributed by atoms with van der Waals surface area (Å²) in [5.74, 6) is -0.672. The number of fused-ring (bicyclic) bond motifs is 1. The van der Waals surface area contributed by atoms with Gasteiger partial charge in [-0.3, -0.25) is 9.59 Å². The van der Waals surface area contributed by atoms with Gasteiger partial charge in [0.05, 0.1) is 15.6 Å². The molecule has 1 aliphatic carbocycles. The summed E-state index contributed by atoms with van der Waals surface area (Å²) in [6.07, 6.45) is 3.60. The Balaban J connectivity index is 1.73. The summed E-state index contributed by atoms with van der Waals surface area (Å²) >= 11 is 12.5. The number of carbonyl (C=O) groups is 2. The van der Waals surface area contributed by atoms with E-state index in [0.717, 1.165) is 42.1 Å². The Labute approximate surface area is 178 Å². The third-order valence-corrected chi connectivity index (χ3v) is 6.67. The smallest absolute Gasteiger partial charge is 0.268 e. The van der Waals surface area contributed by atoms with Gasteiger partial charge >= 0.3 is 0 Å². The molecule has 0 radical (unpaired) electrons. The molecule has 1 aliphatic rings. The van der Waals surface area contributed by atoms with Gasteiger partial charge in [-0.05, 0) is 48.7 Å². The van der Waals surface area contributed by atoms with Gasteiger partial charge in [-0.1, -0.05) is 48.2 Å². The van der Waals surface area contributed by atoms with Gasteiger partial charge in [0.1, 0.15) is 5.69 Å². The molecule has 0 unspecified atom stereocenters. The van der Waals surface area contributed by atoms with Gasteiger partial charge in [0, 0.05) is 23.5 Å². The average Bonchev–Trinajstić information content (AvgIpc) is 3.31. The van der Waals surface area contributed by atoms with Crippen molar-refractivity contribution in [2.45, 2.75) is 31.2 Å². The Hall–Kier alpha value is -2.50. The molecule has 0 atom stereocenters. The largest absolute Gasteiger partial charge is 0.366 e. The van der Waals surface area contributed by atoms with E-state index in [9.17, 15) is 9.59 Å². The first-order valence-electron chi connectivity index (χ1n) is 9.49. The quantitative estimate of drug-likeness (QED) is 0.625. The van der Waals surface area contributed by atoms with Crippen LogP contribution in [0.15, 0.2) is 42.5 Å². The molecule has 7 heteroatoms. The van der Waals surface area contributed by atoms with Gasteiger partial charge in [0.25, 0.3) is 5.91 Å². The number of rotatable bonds is 4. The number of amides is 2. The Morgan fingerprint density at radius 2 is 1.83 bits per heavy atom. The second-order valence-electron chi connectivity index (χ2n) is 7.57. The van der Waals surface area contributed by atoms with Crippen molar-refractivity contribution >= 4 is 45.9 Å². The van der Waals surface area contributed by atoms with E-state index < -0.39 is 11.4 Å². The van der Waals surface area contributed by atoms with Gasteiger partial charge in [-0.25, -0.2) is 0 Å². The standard InChI is InChI=1S/C22H21Cl2N3O2/c1-27-17-8-7-16(23)19(24)15(17)12-18(27)21(29)26-22(9-2-3-10-22)14-6-4-5-13(11-14)20(25)28/h4-8,11-12H,2-3,9-10H2,1H3,(H2,25,28)(H,26,29). The molecule has 1 heterocycles. The highest BCUT2D eigenvalue weighted by molar-refractivity contribution is 6.45. The van der Waals surface area contributed by atoms with Crippen LogP contribution in [0, 0.1) is 0 Å². The van der Waals surface area contributed by atoms with Gasteiger partial charge in [0.2, 0.25) is 5.91 Å². The number of aromatic nitrogens is 1. The topological polar surface area (TPSA) is 77.1 Å². The lowest BCUT2D eigenvalue weighted by atomic mass is 9.87. The van der Waals surface area contributed by atoms with Crippen molar-refractivity contribution in [2.24, 2.45) is 12.8 Å². The number of hydrogen-bond donors (Lipinski definition) is 2. The minimum Gasteiger partial charge on any atom is -0.366 e. The van der Waals surface area contributed by atoms with Crippen molar-refractivity contribution in [2.75, 3.05) is 0 Å². The Morgan fingerprint density at radius 3 is 2.52 bits per heavy atom. The predicted octanol–water partition coefficient (Wildman–Crippen LogP) is 4.78. The lowest BCUT2D eigenvalue weighted by molar-refractivity contribution is 0.0890. The zero-order valence-electron chi connectivity index (χ0n) is 16.0. The minimum absolute atomic E-state index is 0.192. The fourth-order valence-electron chi connectivity index (χ4n) is 4.28. The highest BCUT2D eigenvalue weighted by Gasteiger charge is 2.38. The minimum atomic E-state index is -0.527. The fraction of sp³-hybridized carbons (Fsp3) is 0.273. The number of nitrogens with two attached hydrogens (primary N) is 1. The summed E-state index contributed by atoms with van der Waals surface area (Å²) in [6.45, 7) is 0. The van der Waals surface area contributed by atoms with Gasteiger partial charge < -0.3 is 15.6 Å². The SMILES string of the molecule is Cn1c(C(=O)NC2(c3cccc(C(N)=O)c3)CCCC2)cc2c(Cl)c(Cl)ccc21. The van der Waals surface area contributed by atoms with E-state index in [1.807, 2.05) is 23.7 Å². The van der Waals surface area contributed by atoms with Crippen molar-refractivity contribution in [3.05, 3.63) is 69.3 Å². The third kappa shape index (κ3) is 3.38. The van der Waals surface area contributed by atoms with Crippen LogP contribution in [0.5, 0.6) is 0 Å². The number of benzene rings is 2.